The van der Waals surface area contributed by atoms with Crippen LogP contribution in [0.3, 0.4) is 0 Å². The molecule has 0 radical (unpaired) electrons. The van der Waals surface area contributed by atoms with E-state index in [0.717, 1.165) is 32.7 Å². The van der Waals surface area contributed by atoms with Gasteiger partial charge >= 0.3 is 0 Å². The molecular weight excluding hydrogens is 444 g/mol. The topological polar surface area (TPSA) is 74.6 Å². The third kappa shape index (κ3) is 5.39. The standard InChI is InChI=1S/C26H32N6OS/c1-17-12-14-20(15-13-17)22-23(29-26(3,4)5)32-24(28-22)34-25(30-32)31(6)16-21(33)27-18(2)19-10-8-7-9-11-19/h7-15,18,29H,16H2,1-6H3,(H,27,33)/t18-/m1/s1. The van der Waals surface area contributed by atoms with E-state index in [1.165, 1.54) is 16.9 Å². The summed E-state index contributed by atoms with van der Waals surface area (Å²) in [5, 5.41) is 12.2. The number of fused-ring (bicyclic) bond motifs is 1. The van der Waals surface area contributed by atoms with Crippen LogP contribution in [0.5, 0.6) is 0 Å². The number of anilines is 2. The number of benzene rings is 2. The van der Waals surface area contributed by atoms with Crippen LogP contribution >= 0.6 is 11.3 Å². The minimum atomic E-state index is -0.168. The van der Waals surface area contributed by atoms with Crippen molar-refractivity contribution in [2.24, 2.45) is 0 Å². The van der Waals surface area contributed by atoms with E-state index in [-0.39, 0.29) is 24.0 Å². The minimum absolute atomic E-state index is 0.0555. The Labute approximate surface area is 204 Å². The molecule has 4 aromatic rings. The molecule has 0 saturated carbocycles. The number of nitrogens with one attached hydrogen (secondary N) is 2. The number of hydrogen-bond donors (Lipinski definition) is 2. The lowest BCUT2D eigenvalue weighted by atomic mass is 10.1. The van der Waals surface area contributed by atoms with Gasteiger partial charge in [-0.2, -0.15) is 4.52 Å². The number of carbonyl (C=O) groups is 1. The number of hydrogen-bond acceptors (Lipinski definition) is 6. The molecular formula is C26H32N6OS. The first-order chi connectivity index (χ1) is 16.1. The van der Waals surface area contributed by atoms with Crippen molar-refractivity contribution < 1.29 is 4.79 Å². The Kier molecular flexibility index (Phi) is 6.61. The summed E-state index contributed by atoms with van der Waals surface area (Å²) in [6.07, 6.45) is 0. The first kappa shape index (κ1) is 23.8. The second-order valence-electron chi connectivity index (χ2n) is 9.69. The van der Waals surface area contributed by atoms with E-state index in [1.807, 2.05) is 53.7 Å². The highest BCUT2D eigenvalue weighted by Crippen LogP contribution is 2.34. The third-order valence-corrected chi connectivity index (χ3v) is 6.42. The van der Waals surface area contributed by atoms with Crippen molar-refractivity contribution in [3.63, 3.8) is 0 Å². The molecule has 2 heterocycles. The molecule has 0 aliphatic heterocycles. The van der Waals surface area contributed by atoms with Gasteiger partial charge in [-0.25, -0.2) is 4.98 Å². The Morgan fingerprint density at radius 3 is 2.44 bits per heavy atom. The van der Waals surface area contributed by atoms with Crippen LogP contribution in [0.2, 0.25) is 0 Å². The second-order valence-corrected chi connectivity index (χ2v) is 10.6. The van der Waals surface area contributed by atoms with Crippen molar-refractivity contribution >= 4 is 33.2 Å². The molecule has 0 unspecified atom stereocenters. The zero-order valence-corrected chi connectivity index (χ0v) is 21.4. The van der Waals surface area contributed by atoms with E-state index < -0.39 is 0 Å². The molecule has 7 nitrogen and oxygen atoms in total. The van der Waals surface area contributed by atoms with Crippen LogP contribution in [0, 0.1) is 6.92 Å². The van der Waals surface area contributed by atoms with E-state index in [9.17, 15) is 4.79 Å². The maximum Gasteiger partial charge on any atom is 0.240 e. The summed E-state index contributed by atoms with van der Waals surface area (Å²) in [7, 11) is 1.88. The highest BCUT2D eigenvalue weighted by molar-refractivity contribution is 7.20. The SMILES string of the molecule is Cc1ccc(-c2nc3sc(N(C)CC(=O)N[C@H](C)c4ccccc4)nn3c2NC(C)(C)C)cc1. The molecule has 0 aliphatic carbocycles. The van der Waals surface area contributed by atoms with Crippen LogP contribution in [-0.4, -0.2) is 39.6 Å². The quantitative estimate of drug-likeness (QED) is 0.379. The molecule has 0 spiro atoms. The highest BCUT2D eigenvalue weighted by atomic mass is 32.1. The normalized spacial score (nSPS) is 12.5. The van der Waals surface area contributed by atoms with E-state index in [0.29, 0.717) is 0 Å². The van der Waals surface area contributed by atoms with Crippen LogP contribution in [0.1, 0.15) is 44.9 Å². The first-order valence-electron chi connectivity index (χ1n) is 11.4. The van der Waals surface area contributed by atoms with E-state index in [4.69, 9.17) is 10.1 Å². The average Bonchev–Trinajstić information content (AvgIpc) is 3.33. The molecule has 0 aliphatic rings. The Balaban J connectivity index is 1.56. The molecule has 178 valence electrons. The molecule has 1 atom stereocenters. The number of aromatic nitrogens is 3. The highest BCUT2D eigenvalue weighted by Gasteiger charge is 2.23. The van der Waals surface area contributed by atoms with Gasteiger partial charge in [0.05, 0.1) is 12.6 Å². The molecule has 4 rings (SSSR count). The largest absolute Gasteiger partial charge is 0.364 e. The van der Waals surface area contributed by atoms with Gasteiger partial charge in [-0.15, -0.1) is 5.10 Å². The molecule has 0 bridgehead atoms. The van der Waals surface area contributed by atoms with Gasteiger partial charge in [-0.05, 0) is 40.2 Å². The van der Waals surface area contributed by atoms with E-state index >= 15 is 0 Å². The van der Waals surface area contributed by atoms with Gasteiger partial charge in [0.1, 0.15) is 5.69 Å². The van der Waals surface area contributed by atoms with Gasteiger partial charge in [0, 0.05) is 18.2 Å². The van der Waals surface area contributed by atoms with Gasteiger partial charge < -0.3 is 15.5 Å². The molecule has 1 amide bonds. The van der Waals surface area contributed by atoms with Crippen molar-refractivity contribution in [3.05, 3.63) is 65.7 Å². The Morgan fingerprint density at radius 2 is 1.79 bits per heavy atom. The predicted molar refractivity (Wildman–Crippen MR) is 141 cm³/mol. The van der Waals surface area contributed by atoms with Gasteiger partial charge in [0.15, 0.2) is 5.82 Å². The second kappa shape index (κ2) is 9.46. The minimum Gasteiger partial charge on any atom is -0.364 e. The molecule has 2 aromatic carbocycles. The Bertz CT molecular complexity index is 1270. The summed E-state index contributed by atoms with van der Waals surface area (Å²) in [4.78, 5) is 20.2. The average molecular weight is 477 g/mol. The lowest BCUT2D eigenvalue weighted by Gasteiger charge is -2.22. The molecule has 34 heavy (non-hydrogen) atoms. The zero-order valence-electron chi connectivity index (χ0n) is 20.6. The molecule has 0 fully saturated rings. The van der Waals surface area contributed by atoms with Crippen LogP contribution < -0.4 is 15.5 Å². The van der Waals surface area contributed by atoms with Crippen molar-refractivity contribution in [2.45, 2.75) is 46.2 Å². The van der Waals surface area contributed by atoms with Crippen molar-refractivity contribution in [2.75, 3.05) is 23.8 Å². The zero-order chi connectivity index (χ0) is 24.5. The lowest BCUT2D eigenvalue weighted by molar-refractivity contribution is -0.120. The molecule has 2 N–H and O–H groups in total. The fourth-order valence-corrected chi connectivity index (χ4v) is 4.53. The maximum absolute atomic E-state index is 12.7. The van der Waals surface area contributed by atoms with Crippen molar-refractivity contribution in [3.8, 4) is 11.3 Å². The van der Waals surface area contributed by atoms with Crippen LogP contribution in [0.15, 0.2) is 54.6 Å². The predicted octanol–water partition coefficient (Wildman–Crippen LogP) is 5.29. The first-order valence-corrected chi connectivity index (χ1v) is 12.2. The van der Waals surface area contributed by atoms with Crippen molar-refractivity contribution in [1.29, 1.82) is 0 Å². The van der Waals surface area contributed by atoms with Gasteiger partial charge in [0.25, 0.3) is 0 Å². The number of likely N-dealkylation sites (N-methyl/N-ethyl adjacent to an activating group) is 1. The van der Waals surface area contributed by atoms with Crippen LogP contribution in [-0.2, 0) is 4.79 Å². The summed E-state index contributed by atoms with van der Waals surface area (Å²) >= 11 is 1.47. The summed E-state index contributed by atoms with van der Waals surface area (Å²) in [5.41, 5.74) is 4.03. The van der Waals surface area contributed by atoms with Gasteiger partial charge in [-0.1, -0.05) is 71.5 Å². The number of imidazole rings is 1. The lowest BCUT2D eigenvalue weighted by Crippen LogP contribution is -2.36. The Hall–Kier alpha value is -3.39. The fourth-order valence-electron chi connectivity index (χ4n) is 3.67. The number of rotatable bonds is 7. The maximum atomic E-state index is 12.7. The number of amides is 1. The van der Waals surface area contributed by atoms with Gasteiger partial charge in [0.2, 0.25) is 16.0 Å². The van der Waals surface area contributed by atoms with Crippen molar-refractivity contribution in [1.82, 2.24) is 19.9 Å². The van der Waals surface area contributed by atoms with Crippen LogP contribution in [0.4, 0.5) is 10.9 Å². The monoisotopic (exact) mass is 476 g/mol. The molecule has 0 saturated heterocycles. The summed E-state index contributed by atoms with van der Waals surface area (Å²) in [6, 6.07) is 18.2. The summed E-state index contributed by atoms with van der Waals surface area (Å²) < 4.78 is 1.85. The Morgan fingerprint density at radius 1 is 1.12 bits per heavy atom. The smallest absolute Gasteiger partial charge is 0.240 e. The van der Waals surface area contributed by atoms with Gasteiger partial charge in [-0.3, -0.25) is 4.79 Å². The summed E-state index contributed by atoms with van der Waals surface area (Å²) in [6.45, 7) is 10.6. The number of aryl methyl sites for hydroxylation is 1. The van der Waals surface area contributed by atoms with E-state index in [2.05, 4.69) is 62.6 Å². The fraction of sp³-hybridized carbons (Fsp3) is 0.346. The number of nitrogens with zero attached hydrogens (tertiary/aromatic N) is 4. The van der Waals surface area contributed by atoms with E-state index in [1.54, 1.807) is 0 Å². The number of carbonyl (C=O) groups excluding carboxylic acids is 1. The third-order valence-electron chi connectivity index (χ3n) is 5.40. The summed E-state index contributed by atoms with van der Waals surface area (Å²) in [5.74, 6) is 0.796. The molecule has 8 heteroatoms. The van der Waals surface area contributed by atoms with Crippen LogP contribution in [0.25, 0.3) is 16.2 Å². The molecule has 2 aromatic heterocycles.